The molecule has 3 amide bonds. The quantitative estimate of drug-likeness (QED) is 0.529. The minimum absolute atomic E-state index is 0.202. The molecule has 9 heteroatoms. The minimum atomic E-state index is -0.202. The predicted octanol–water partition coefficient (Wildman–Crippen LogP) is 2.96. The van der Waals surface area contributed by atoms with Crippen LogP contribution in [0, 0.1) is 5.41 Å². The van der Waals surface area contributed by atoms with Gasteiger partial charge in [0.2, 0.25) is 6.41 Å². The maximum Gasteiger partial charge on any atom is 0.344 e. The number of amides is 3. The summed E-state index contributed by atoms with van der Waals surface area (Å²) < 4.78 is 13.2. The SMILES string of the molecule is CC.C[C@@H]1CCCN(OSO)C(=O)N1C.O=CNC1CC2(C1)CN(C1CC1)C2. The molecule has 4 rings (SSSR count). The number of nitrogens with zero attached hydrogens (tertiary/aromatic N) is 3. The Hall–Kier alpha value is -1.03. The Kier molecular flexibility index (Phi) is 8.85. The Morgan fingerprint density at radius 1 is 1.25 bits per heavy atom. The molecule has 2 saturated carbocycles. The van der Waals surface area contributed by atoms with Crippen LogP contribution in [0.5, 0.6) is 0 Å². The Morgan fingerprint density at radius 3 is 2.43 bits per heavy atom. The summed E-state index contributed by atoms with van der Waals surface area (Å²) in [7, 11) is 1.73. The van der Waals surface area contributed by atoms with Crippen LogP contribution in [0.3, 0.4) is 0 Å². The lowest BCUT2D eigenvalue weighted by Gasteiger charge is -2.59. The van der Waals surface area contributed by atoms with Crippen LogP contribution >= 0.6 is 12.3 Å². The zero-order valence-corrected chi connectivity index (χ0v) is 18.4. The second-order valence-corrected chi connectivity index (χ2v) is 8.46. The maximum atomic E-state index is 11.5. The molecule has 0 aromatic carbocycles. The fourth-order valence-electron chi connectivity index (χ4n) is 4.26. The summed E-state index contributed by atoms with van der Waals surface area (Å²) in [5.41, 5.74) is 0.614. The number of hydroxylamine groups is 2. The van der Waals surface area contributed by atoms with Crippen molar-refractivity contribution >= 4 is 24.8 Å². The van der Waals surface area contributed by atoms with Gasteiger partial charge in [-0.15, -0.1) is 0 Å². The molecule has 8 nitrogen and oxygen atoms in total. The Labute approximate surface area is 173 Å². The zero-order chi connectivity index (χ0) is 20.7. The van der Waals surface area contributed by atoms with Crippen molar-refractivity contribution in [2.45, 2.75) is 77.4 Å². The van der Waals surface area contributed by atoms with Gasteiger partial charge >= 0.3 is 6.03 Å². The summed E-state index contributed by atoms with van der Waals surface area (Å²) in [5, 5.41) is 4.04. The normalized spacial score (nSPS) is 26.8. The van der Waals surface area contributed by atoms with Gasteiger partial charge in [-0.2, -0.15) is 9.35 Å². The Bertz CT molecular complexity index is 506. The van der Waals surface area contributed by atoms with Gasteiger partial charge in [-0.1, -0.05) is 13.8 Å². The van der Waals surface area contributed by atoms with Gasteiger partial charge in [0.05, 0.1) is 6.54 Å². The summed E-state index contributed by atoms with van der Waals surface area (Å²) in [5.74, 6) is 0. The summed E-state index contributed by atoms with van der Waals surface area (Å²) in [6, 6.07) is 1.44. The van der Waals surface area contributed by atoms with Crippen LogP contribution in [0.2, 0.25) is 0 Å². The molecule has 162 valence electrons. The van der Waals surface area contributed by atoms with E-state index in [1.807, 2.05) is 20.8 Å². The topological polar surface area (TPSA) is 85.4 Å². The molecule has 28 heavy (non-hydrogen) atoms. The van der Waals surface area contributed by atoms with Crippen LogP contribution < -0.4 is 5.32 Å². The monoisotopic (exact) mass is 416 g/mol. The van der Waals surface area contributed by atoms with Crippen LogP contribution in [0.1, 0.15) is 59.3 Å². The molecule has 2 saturated heterocycles. The lowest BCUT2D eigenvalue weighted by molar-refractivity contribution is -0.116. The van der Waals surface area contributed by atoms with Gasteiger partial charge in [-0.3, -0.25) is 9.69 Å². The second-order valence-electron chi connectivity index (χ2n) is 8.16. The van der Waals surface area contributed by atoms with Crippen LogP contribution in [0.25, 0.3) is 0 Å². The Balaban J connectivity index is 0.000000184. The fourth-order valence-corrected chi connectivity index (χ4v) is 4.48. The minimum Gasteiger partial charge on any atom is -0.356 e. The molecule has 0 bridgehead atoms. The first-order valence-electron chi connectivity index (χ1n) is 10.4. The van der Waals surface area contributed by atoms with E-state index in [4.69, 9.17) is 8.84 Å². The van der Waals surface area contributed by atoms with E-state index in [1.165, 1.54) is 43.8 Å². The lowest BCUT2D eigenvalue weighted by Crippen LogP contribution is -2.66. The van der Waals surface area contributed by atoms with E-state index < -0.39 is 0 Å². The van der Waals surface area contributed by atoms with Crippen molar-refractivity contribution in [1.82, 2.24) is 20.2 Å². The largest absolute Gasteiger partial charge is 0.356 e. The zero-order valence-electron chi connectivity index (χ0n) is 17.6. The summed E-state index contributed by atoms with van der Waals surface area (Å²) in [6.45, 7) is 9.12. The maximum absolute atomic E-state index is 11.5. The number of hydrogen-bond acceptors (Lipinski definition) is 6. The van der Waals surface area contributed by atoms with Gasteiger partial charge in [0.15, 0.2) is 12.3 Å². The third-order valence-electron chi connectivity index (χ3n) is 6.09. The third-order valence-corrected chi connectivity index (χ3v) is 6.33. The van der Waals surface area contributed by atoms with E-state index in [0.29, 0.717) is 18.0 Å². The highest BCUT2D eigenvalue weighted by molar-refractivity contribution is 7.88. The molecular weight excluding hydrogens is 380 g/mol. The number of nitrogens with one attached hydrogen (secondary N) is 1. The smallest absolute Gasteiger partial charge is 0.344 e. The highest BCUT2D eigenvalue weighted by Gasteiger charge is 2.54. The summed E-state index contributed by atoms with van der Waals surface area (Å²) >= 11 is 0.203. The van der Waals surface area contributed by atoms with E-state index in [0.717, 1.165) is 25.3 Å². The molecule has 2 aliphatic heterocycles. The first-order valence-corrected chi connectivity index (χ1v) is 11.1. The average Bonchev–Trinajstić information content (AvgIpc) is 3.47. The molecule has 0 radical (unpaired) electrons. The van der Waals surface area contributed by atoms with Crippen LogP contribution in [-0.4, -0.2) is 76.7 Å². The van der Waals surface area contributed by atoms with Gasteiger partial charge < -0.3 is 14.8 Å². The number of hydrogen-bond donors (Lipinski definition) is 2. The molecular formula is C19H36N4O4S. The molecule has 0 aromatic heterocycles. The second kappa shape index (κ2) is 10.7. The molecule has 1 spiro atoms. The third kappa shape index (κ3) is 5.75. The number of urea groups is 1. The highest BCUT2D eigenvalue weighted by Crippen LogP contribution is 2.51. The predicted molar refractivity (Wildman–Crippen MR) is 110 cm³/mol. The molecule has 0 aromatic rings. The van der Waals surface area contributed by atoms with Crippen molar-refractivity contribution in [2.24, 2.45) is 5.41 Å². The number of carbonyl (C=O) groups excluding carboxylic acids is 2. The standard InChI is InChI=1S/C10H16N2O.C7H14N2O3S.C2H6/c13-7-11-8-3-10(4-8)5-12(6-10)9-1-2-9;1-6-4-3-5-9(12-13-11)7(10)8(6)2;1-2/h7-9H,1-6H2,(H,11,13);6,11H,3-5H2,1-2H3;1-2H3/t;6-;/m.1./s1. The lowest BCUT2D eigenvalue weighted by atomic mass is 9.60. The van der Waals surface area contributed by atoms with Crippen molar-refractivity contribution in [3.05, 3.63) is 0 Å². The first-order chi connectivity index (χ1) is 13.5. The van der Waals surface area contributed by atoms with Gasteiger partial charge in [-0.05, 0) is 50.9 Å². The van der Waals surface area contributed by atoms with Gasteiger partial charge in [-0.25, -0.2) is 4.79 Å². The molecule has 0 unspecified atom stereocenters. The number of carbonyl (C=O) groups is 2. The van der Waals surface area contributed by atoms with Gasteiger partial charge in [0.1, 0.15) is 0 Å². The van der Waals surface area contributed by atoms with Crippen LogP contribution in [0.4, 0.5) is 4.79 Å². The molecule has 2 N–H and O–H groups in total. The van der Waals surface area contributed by atoms with E-state index in [1.54, 1.807) is 11.9 Å². The molecule has 2 aliphatic carbocycles. The first kappa shape index (κ1) is 23.3. The van der Waals surface area contributed by atoms with Gasteiger partial charge in [0.25, 0.3) is 0 Å². The van der Waals surface area contributed by atoms with Crippen LogP contribution in [0.15, 0.2) is 0 Å². The van der Waals surface area contributed by atoms with Crippen molar-refractivity contribution < 1.29 is 18.4 Å². The van der Waals surface area contributed by atoms with Crippen molar-refractivity contribution in [3.8, 4) is 0 Å². The molecule has 4 aliphatic rings. The van der Waals surface area contributed by atoms with Crippen LogP contribution in [-0.2, 0) is 9.08 Å². The summed E-state index contributed by atoms with van der Waals surface area (Å²) in [6.07, 6.45) is 7.97. The van der Waals surface area contributed by atoms with E-state index in [2.05, 4.69) is 10.2 Å². The number of rotatable bonds is 5. The van der Waals surface area contributed by atoms with Crippen molar-refractivity contribution in [2.75, 3.05) is 26.7 Å². The molecule has 4 fully saturated rings. The Morgan fingerprint density at radius 2 is 1.89 bits per heavy atom. The van der Waals surface area contributed by atoms with E-state index in [9.17, 15) is 9.59 Å². The van der Waals surface area contributed by atoms with Crippen molar-refractivity contribution in [3.63, 3.8) is 0 Å². The molecule has 2 heterocycles. The highest BCUT2D eigenvalue weighted by atomic mass is 32.2. The number of likely N-dealkylation sites (tertiary alicyclic amines) is 1. The fraction of sp³-hybridized carbons (Fsp3) is 0.895. The molecule has 1 atom stereocenters. The van der Waals surface area contributed by atoms with E-state index >= 15 is 0 Å². The summed E-state index contributed by atoms with van der Waals surface area (Å²) in [4.78, 5) is 26.0. The van der Waals surface area contributed by atoms with Crippen molar-refractivity contribution in [1.29, 1.82) is 0 Å². The van der Waals surface area contributed by atoms with E-state index in [-0.39, 0.29) is 24.4 Å². The van der Waals surface area contributed by atoms with Gasteiger partial charge in [0, 0.05) is 38.3 Å². The average molecular weight is 417 g/mol.